The number of halogens is 1. The molecule has 0 fully saturated rings. The Bertz CT molecular complexity index is 534. The van der Waals surface area contributed by atoms with E-state index >= 15 is 0 Å². The van der Waals surface area contributed by atoms with Crippen molar-refractivity contribution in [2.45, 2.75) is 33.4 Å². The van der Waals surface area contributed by atoms with Crippen molar-refractivity contribution in [2.75, 3.05) is 0 Å². The second-order valence-electron chi connectivity index (χ2n) is 4.60. The Morgan fingerprint density at radius 1 is 1.39 bits per heavy atom. The van der Waals surface area contributed by atoms with Crippen LogP contribution in [-0.2, 0) is 6.54 Å². The lowest BCUT2D eigenvalue weighted by molar-refractivity contribution is 0.563. The van der Waals surface area contributed by atoms with Crippen molar-refractivity contribution < 1.29 is 4.42 Å². The molecule has 0 atom stereocenters. The molecule has 2 rings (SSSR count). The summed E-state index contributed by atoms with van der Waals surface area (Å²) in [6.07, 6.45) is 1.46. The second-order valence-corrected chi connectivity index (χ2v) is 4.98. The summed E-state index contributed by atoms with van der Waals surface area (Å²) >= 11 is 6.31. The number of rotatable bonds is 4. The zero-order valence-electron chi connectivity index (χ0n) is 10.8. The molecule has 0 aliphatic heterocycles. The third kappa shape index (κ3) is 2.74. The Morgan fingerprint density at radius 2 is 2.17 bits per heavy atom. The lowest BCUT2D eigenvalue weighted by Crippen LogP contribution is -2.22. The van der Waals surface area contributed by atoms with Crippen LogP contribution >= 0.6 is 11.6 Å². The summed E-state index contributed by atoms with van der Waals surface area (Å²) in [5.41, 5.74) is 2.82. The topological polar surface area (TPSA) is 38.1 Å². The van der Waals surface area contributed by atoms with Gasteiger partial charge in [-0.15, -0.1) is 0 Å². The van der Waals surface area contributed by atoms with Gasteiger partial charge in [-0.05, 0) is 18.6 Å². The molecule has 96 valence electrons. The minimum absolute atomic E-state index is 0.405. The van der Waals surface area contributed by atoms with Crippen LogP contribution in [0, 0.1) is 6.92 Å². The third-order valence-corrected chi connectivity index (χ3v) is 3.26. The standard InChI is InChI=1S/C14H17ClN2O/c1-9(2)16-7-12-14(18-8-17-12)11-6-4-5-10(3)13(11)15/h4-6,8-9,16H,7H2,1-3H3. The largest absolute Gasteiger partial charge is 0.443 e. The number of nitrogens with zero attached hydrogens (tertiary/aromatic N) is 1. The van der Waals surface area contributed by atoms with Gasteiger partial charge >= 0.3 is 0 Å². The molecule has 0 spiro atoms. The monoisotopic (exact) mass is 264 g/mol. The summed E-state index contributed by atoms with van der Waals surface area (Å²) in [6.45, 7) is 6.85. The normalized spacial score (nSPS) is 11.2. The zero-order valence-corrected chi connectivity index (χ0v) is 11.6. The molecular formula is C14H17ClN2O. The minimum Gasteiger partial charge on any atom is -0.443 e. The maximum Gasteiger partial charge on any atom is 0.181 e. The quantitative estimate of drug-likeness (QED) is 0.913. The van der Waals surface area contributed by atoms with Gasteiger partial charge in [0.15, 0.2) is 12.2 Å². The van der Waals surface area contributed by atoms with Gasteiger partial charge < -0.3 is 9.73 Å². The molecule has 1 N–H and O–H groups in total. The maximum absolute atomic E-state index is 6.31. The first-order valence-electron chi connectivity index (χ1n) is 6.01. The lowest BCUT2D eigenvalue weighted by Gasteiger charge is -2.08. The van der Waals surface area contributed by atoms with E-state index in [1.54, 1.807) is 0 Å². The summed E-state index contributed by atoms with van der Waals surface area (Å²) < 4.78 is 5.48. The summed E-state index contributed by atoms with van der Waals surface area (Å²) in [6, 6.07) is 6.31. The molecule has 1 aromatic heterocycles. The van der Waals surface area contributed by atoms with E-state index in [4.69, 9.17) is 16.0 Å². The molecule has 1 heterocycles. The maximum atomic E-state index is 6.31. The molecular weight excluding hydrogens is 248 g/mol. The molecule has 0 saturated carbocycles. The molecule has 0 aliphatic carbocycles. The highest BCUT2D eigenvalue weighted by molar-refractivity contribution is 6.34. The highest BCUT2D eigenvalue weighted by Crippen LogP contribution is 2.32. The fraction of sp³-hybridized carbons (Fsp3) is 0.357. The summed E-state index contributed by atoms with van der Waals surface area (Å²) in [5.74, 6) is 0.747. The smallest absolute Gasteiger partial charge is 0.181 e. The first kappa shape index (κ1) is 13.1. The van der Waals surface area contributed by atoms with Crippen LogP contribution in [0.1, 0.15) is 25.1 Å². The number of aryl methyl sites for hydroxylation is 1. The molecule has 1 aromatic carbocycles. The van der Waals surface area contributed by atoms with Gasteiger partial charge in [0.2, 0.25) is 0 Å². The molecule has 18 heavy (non-hydrogen) atoms. The number of nitrogens with one attached hydrogen (secondary N) is 1. The van der Waals surface area contributed by atoms with E-state index < -0.39 is 0 Å². The second kappa shape index (κ2) is 5.55. The van der Waals surface area contributed by atoms with Crippen LogP contribution in [-0.4, -0.2) is 11.0 Å². The van der Waals surface area contributed by atoms with Crippen molar-refractivity contribution in [3.05, 3.63) is 40.9 Å². The summed E-state index contributed by atoms with van der Waals surface area (Å²) in [5, 5.41) is 4.05. The van der Waals surface area contributed by atoms with Crippen LogP contribution in [0.25, 0.3) is 11.3 Å². The summed E-state index contributed by atoms with van der Waals surface area (Å²) in [4.78, 5) is 4.25. The van der Waals surface area contributed by atoms with Crippen LogP contribution in [0.3, 0.4) is 0 Å². The Morgan fingerprint density at radius 3 is 2.89 bits per heavy atom. The summed E-state index contributed by atoms with van der Waals surface area (Å²) in [7, 11) is 0. The Hall–Kier alpha value is -1.32. The molecule has 0 bridgehead atoms. The molecule has 0 amide bonds. The molecule has 0 unspecified atom stereocenters. The average Bonchev–Trinajstić information content (AvgIpc) is 2.78. The predicted octanol–water partition coefficient (Wildman–Crippen LogP) is 3.80. The van der Waals surface area contributed by atoms with Gasteiger partial charge in [-0.3, -0.25) is 0 Å². The van der Waals surface area contributed by atoms with Gasteiger partial charge in [0.25, 0.3) is 0 Å². The molecule has 3 nitrogen and oxygen atoms in total. The first-order valence-corrected chi connectivity index (χ1v) is 6.38. The van der Waals surface area contributed by atoms with E-state index in [2.05, 4.69) is 24.1 Å². The van der Waals surface area contributed by atoms with Crippen LogP contribution in [0.15, 0.2) is 29.0 Å². The van der Waals surface area contributed by atoms with Gasteiger partial charge in [-0.1, -0.05) is 37.6 Å². The van der Waals surface area contributed by atoms with Crippen molar-refractivity contribution in [1.82, 2.24) is 10.3 Å². The SMILES string of the molecule is Cc1cccc(-c2ocnc2CNC(C)C)c1Cl. The molecule has 0 radical (unpaired) electrons. The van der Waals surface area contributed by atoms with Gasteiger partial charge in [-0.25, -0.2) is 4.98 Å². The van der Waals surface area contributed by atoms with Crippen molar-refractivity contribution in [3.63, 3.8) is 0 Å². The van der Waals surface area contributed by atoms with E-state index in [0.717, 1.165) is 27.6 Å². The van der Waals surface area contributed by atoms with Crippen molar-refractivity contribution >= 4 is 11.6 Å². The Balaban J connectivity index is 2.33. The fourth-order valence-corrected chi connectivity index (χ4v) is 1.95. The Kier molecular flexibility index (Phi) is 4.04. The number of benzene rings is 1. The third-order valence-electron chi connectivity index (χ3n) is 2.76. The first-order chi connectivity index (χ1) is 8.59. The van der Waals surface area contributed by atoms with Gasteiger partial charge in [-0.2, -0.15) is 0 Å². The van der Waals surface area contributed by atoms with Crippen LogP contribution < -0.4 is 5.32 Å². The highest BCUT2D eigenvalue weighted by atomic mass is 35.5. The van der Waals surface area contributed by atoms with Crippen molar-refractivity contribution in [2.24, 2.45) is 0 Å². The van der Waals surface area contributed by atoms with Crippen molar-refractivity contribution in [3.8, 4) is 11.3 Å². The van der Waals surface area contributed by atoms with Gasteiger partial charge in [0.05, 0.1) is 5.02 Å². The average molecular weight is 265 g/mol. The van der Waals surface area contributed by atoms with Crippen LogP contribution in [0.2, 0.25) is 5.02 Å². The van der Waals surface area contributed by atoms with Gasteiger partial charge in [0.1, 0.15) is 5.69 Å². The molecule has 0 aliphatic rings. The predicted molar refractivity (Wildman–Crippen MR) is 73.7 cm³/mol. The van der Waals surface area contributed by atoms with Gasteiger partial charge in [0, 0.05) is 18.2 Å². The minimum atomic E-state index is 0.405. The molecule has 2 aromatic rings. The van der Waals surface area contributed by atoms with E-state index in [9.17, 15) is 0 Å². The molecule has 4 heteroatoms. The lowest BCUT2D eigenvalue weighted by atomic mass is 10.1. The van der Waals surface area contributed by atoms with Crippen LogP contribution in [0.4, 0.5) is 0 Å². The number of oxazole rings is 1. The number of aromatic nitrogens is 1. The number of hydrogen-bond donors (Lipinski definition) is 1. The molecule has 0 saturated heterocycles. The number of hydrogen-bond acceptors (Lipinski definition) is 3. The zero-order chi connectivity index (χ0) is 13.1. The fourth-order valence-electron chi connectivity index (χ4n) is 1.74. The van der Waals surface area contributed by atoms with E-state index in [1.807, 2.05) is 25.1 Å². The van der Waals surface area contributed by atoms with Crippen LogP contribution in [0.5, 0.6) is 0 Å². The van der Waals surface area contributed by atoms with Crippen molar-refractivity contribution in [1.29, 1.82) is 0 Å². The van der Waals surface area contributed by atoms with E-state index in [-0.39, 0.29) is 0 Å². The van der Waals surface area contributed by atoms with E-state index in [1.165, 1.54) is 6.39 Å². The highest BCUT2D eigenvalue weighted by Gasteiger charge is 2.14. The Labute approximate surface area is 112 Å². The van der Waals surface area contributed by atoms with E-state index in [0.29, 0.717) is 12.6 Å².